The van der Waals surface area contributed by atoms with E-state index in [4.69, 9.17) is 4.74 Å². The second kappa shape index (κ2) is 5.42. The summed E-state index contributed by atoms with van der Waals surface area (Å²) in [5.41, 5.74) is -0.624. The van der Waals surface area contributed by atoms with Gasteiger partial charge in [-0.05, 0) is 33.6 Å². The zero-order chi connectivity index (χ0) is 13.9. The Morgan fingerprint density at radius 1 is 1.44 bits per heavy atom. The molecule has 0 spiro atoms. The van der Waals surface area contributed by atoms with E-state index >= 15 is 0 Å². The fraction of sp³-hybridized carbons (Fsp3) is 0.692. The van der Waals surface area contributed by atoms with Crippen molar-refractivity contribution in [3.8, 4) is 0 Å². The molecule has 1 saturated heterocycles. The third-order valence-corrected chi connectivity index (χ3v) is 2.86. The molecule has 0 radical (unpaired) electrons. The highest BCUT2D eigenvalue weighted by molar-refractivity contribution is 5.81. The standard InChI is InChI=1S/C13H21NO4/c1-5-9-7-6-8-14(10(9)11(15)16)12(17)18-13(2,3)4/h5,9-10H,1,6-8H2,2-4H3,(H,15,16). The molecule has 1 fully saturated rings. The van der Waals surface area contributed by atoms with E-state index in [-0.39, 0.29) is 5.92 Å². The number of likely N-dealkylation sites (tertiary alicyclic amines) is 1. The first-order valence-electron chi connectivity index (χ1n) is 6.11. The van der Waals surface area contributed by atoms with Gasteiger partial charge in [0.1, 0.15) is 11.6 Å². The number of ether oxygens (including phenoxy) is 1. The van der Waals surface area contributed by atoms with Crippen LogP contribution in [0, 0.1) is 5.92 Å². The summed E-state index contributed by atoms with van der Waals surface area (Å²) in [5.74, 6) is -1.23. The van der Waals surface area contributed by atoms with E-state index < -0.39 is 23.7 Å². The number of aliphatic carboxylic acids is 1. The van der Waals surface area contributed by atoms with E-state index in [1.54, 1.807) is 26.8 Å². The van der Waals surface area contributed by atoms with Gasteiger partial charge in [0.25, 0.3) is 0 Å². The number of amides is 1. The summed E-state index contributed by atoms with van der Waals surface area (Å²) in [6.45, 7) is 9.33. The van der Waals surface area contributed by atoms with Crippen molar-refractivity contribution in [3.63, 3.8) is 0 Å². The molecular formula is C13H21NO4. The molecule has 0 aromatic rings. The van der Waals surface area contributed by atoms with Crippen LogP contribution in [0.5, 0.6) is 0 Å². The van der Waals surface area contributed by atoms with Gasteiger partial charge in [0, 0.05) is 12.5 Å². The fourth-order valence-corrected chi connectivity index (χ4v) is 2.11. The van der Waals surface area contributed by atoms with E-state index in [1.165, 1.54) is 4.90 Å². The summed E-state index contributed by atoms with van der Waals surface area (Å²) in [4.78, 5) is 24.6. The van der Waals surface area contributed by atoms with Crippen LogP contribution in [-0.4, -0.2) is 40.3 Å². The maximum atomic E-state index is 12.0. The minimum Gasteiger partial charge on any atom is -0.480 e. The summed E-state index contributed by atoms with van der Waals surface area (Å²) < 4.78 is 5.24. The van der Waals surface area contributed by atoms with Crippen molar-refractivity contribution < 1.29 is 19.4 Å². The van der Waals surface area contributed by atoms with Crippen LogP contribution in [0.25, 0.3) is 0 Å². The number of hydrogen-bond acceptors (Lipinski definition) is 3. The lowest BCUT2D eigenvalue weighted by Crippen LogP contribution is -2.53. The molecule has 1 aliphatic heterocycles. The molecule has 0 aromatic heterocycles. The van der Waals surface area contributed by atoms with E-state index in [1.807, 2.05) is 0 Å². The highest BCUT2D eigenvalue weighted by Crippen LogP contribution is 2.26. The van der Waals surface area contributed by atoms with Gasteiger partial charge in [0.2, 0.25) is 0 Å². The highest BCUT2D eigenvalue weighted by atomic mass is 16.6. The third-order valence-electron chi connectivity index (χ3n) is 2.86. The Morgan fingerprint density at radius 2 is 2.06 bits per heavy atom. The molecule has 2 unspecified atom stereocenters. The Labute approximate surface area is 107 Å². The number of carboxylic acids is 1. The van der Waals surface area contributed by atoms with Crippen molar-refractivity contribution in [3.05, 3.63) is 12.7 Å². The minimum absolute atomic E-state index is 0.219. The van der Waals surface area contributed by atoms with Gasteiger partial charge in [-0.1, -0.05) is 6.08 Å². The topological polar surface area (TPSA) is 66.8 Å². The average Bonchev–Trinajstić information content (AvgIpc) is 2.25. The number of carboxylic acid groups (broad SMARTS) is 1. The molecule has 0 bridgehead atoms. The van der Waals surface area contributed by atoms with E-state index in [0.717, 1.165) is 12.8 Å². The Hall–Kier alpha value is -1.52. The summed E-state index contributed by atoms with van der Waals surface area (Å²) in [6, 6.07) is -0.869. The van der Waals surface area contributed by atoms with Crippen LogP contribution in [0.2, 0.25) is 0 Å². The van der Waals surface area contributed by atoms with Gasteiger partial charge < -0.3 is 9.84 Å². The number of piperidine rings is 1. The molecule has 5 heteroatoms. The SMILES string of the molecule is C=CC1CCCN(C(=O)OC(C)(C)C)C1C(=O)O. The number of hydrogen-bond donors (Lipinski definition) is 1. The van der Waals surface area contributed by atoms with Crippen molar-refractivity contribution in [1.29, 1.82) is 0 Å². The van der Waals surface area contributed by atoms with Crippen LogP contribution >= 0.6 is 0 Å². The van der Waals surface area contributed by atoms with Crippen molar-refractivity contribution in [1.82, 2.24) is 4.90 Å². The molecule has 0 aromatic carbocycles. The van der Waals surface area contributed by atoms with Gasteiger partial charge >= 0.3 is 12.1 Å². The Morgan fingerprint density at radius 3 is 2.50 bits per heavy atom. The first-order valence-corrected chi connectivity index (χ1v) is 6.11. The quantitative estimate of drug-likeness (QED) is 0.769. The molecule has 1 amide bonds. The van der Waals surface area contributed by atoms with E-state index in [0.29, 0.717) is 6.54 Å². The largest absolute Gasteiger partial charge is 0.480 e. The Bertz CT molecular complexity index is 345. The average molecular weight is 255 g/mol. The fourth-order valence-electron chi connectivity index (χ4n) is 2.11. The van der Waals surface area contributed by atoms with Crippen molar-refractivity contribution >= 4 is 12.1 Å². The van der Waals surface area contributed by atoms with Crippen molar-refractivity contribution in [2.75, 3.05) is 6.54 Å². The van der Waals surface area contributed by atoms with Crippen LogP contribution in [0.1, 0.15) is 33.6 Å². The summed E-state index contributed by atoms with van der Waals surface area (Å²) in [6.07, 6.45) is 2.54. The zero-order valence-corrected chi connectivity index (χ0v) is 11.2. The lowest BCUT2D eigenvalue weighted by Gasteiger charge is -2.38. The molecular weight excluding hydrogens is 234 g/mol. The zero-order valence-electron chi connectivity index (χ0n) is 11.2. The van der Waals surface area contributed by atoms with Gasteiger partial charge in [-0.15, -0.1) is 6.58 Å². The van der Waals surface area contributed by atoms with Gasteiger partial charge in [-0.2, -0.15) is 0 Å². The molecule has 102 valence electrons. The van der Waals surface area contributed by atoms with Crippen LogP contribution in [-0.2, 0) is 9.53 Å². The Kier molecular flexibility index (Phi) is 4.38. The molecule has 2 atom stereocenters. The van der Waals surface area contributed by atoms with Crippen molar-refractivity contribution in [2.24, 2.45) is 5.92 Å². The van der Waals surface area contributed by atoms with Gasteiger partial charge in [-0.25, -0.2) is 9.59 Å². The number of nitrogens with zero attached hydrogens (tertiary/aromatic N) is 1. The first kappa shape index (κ1) is 14.5. The van der Waals surface area contributed by atoms with Crippen molar-refractivity contribution in [2.45, 2.75) is 45.3 Å². The van der Waals surface area contributed by atoms with Gasteiger partial charge in [-0.3, -0.25) is 4.90 Å². The van der Waals surface area contributed by atoms with Gasteiger partial charge in [0.15, 0.2) is 0 Å². The van der Waals surface area contributed by atoms with E-state index in [2.05, 4.69) is 6.58 Å². The summed E-state index contributed by atoms with van der Waals surface area (Å²) in [5, 5.41) is 9.26. The predicted molar refractivity (Wildman–Crippen MR) is 67.3 cm³/mol. The summed E-state index contributed by atoms with van der Waals surface area (Å²) >= 11 is 0. The third kappa shape index (κ3) is 3.48. The lowest BCUT2D eigenvalue weighted by molar-refractivity contribution is -0.145. The van der Waals surface area contributed by atoms with Gasteiger partial charge in [0.05, 0.1) is 0 Å². The van der Waals surface area contributed by atoms with Crippen LogP contribution < -0.4 is 0 Å². The van der Waals surface area contributed by atoms with Crippen LogP contribution in [0.15, 0.2) is 12.7 Å². The molecule has 0 aliphatic carbocycles. The van der Waals surface area contributed by atoms with Crippen LogP contribution in [0.3, 0.4) is 0 Å². The Balaban J connectivity index is 2.87. The summed E-state index contributed by atoms with van der Waals surface area (Å²) in [7, 11) is 0. The molecule has 1 N–H and O–H groups in total. The molecule has 18 heavy (non-hydrogen) atoms. The minimum atomic E-state index is -1.01. The second-order valence-electron chi connectivity index (χ2n) is 5.50. The first-order chi connectivity index (χ1) is 8.26. The second-order valence-corrected chi connectivity index (χ2v) is 5.50. The number of rotatable bonds is 2. The number of carbonyl (C=O) groups is 2. The molecule has 1 rings (SSSR count). The molecule has 1 aliphatic rings. The molecule has 0 saturated carbocycles. The van der Waals surface area contributed by atoms with Crippen LogP contribution in [0.4, 0.5) is 4.79 Å². The number of carbonyl (C=O) groups excluding carboxylic acids is 1. The normalized spacial score (nSPS) is 24.5. The maximum absolute atomic E-state index is 12.0. The molecule has 5 nitrogen and oxygen atoms in total. The predicted octanol–water partition coefficient (Wildman–Crippen LogP) is 2.27. The highest BCUT2D eigenvalue weighted by Gasteiger charge is 2.39. The van der Waals surface area contributed by atoms with E-state index in [9.17, 15) is 14.7 Å². The monoisotopic (exact) mass is 255 g/mol. The molecule has 1 heterocycles. The lowest BCUT2D eigenvalue weighted by atomic mass is 9.89. The maximum Gasteiger partial charge on any atom is 0.411 e. The smallest absolute Gasteiger partial charge is 0.411 e.